The minimum atomic E-state index is -3.36. The summed E-state index contributed by atoms with van der Waals surface area (Å²) in [6.07, 6.45) is 5.18. The highest BCUT2D eigenvalue weighted by atomic mass is 32.2. The van der Waals surface area contributed by atoms with Crippen molar-refractivity contribution in [3.63, 3.8) is 0 Å². The van der Waals surface area contributed by atoms with Crippen molar-refractivity contribution >= 4 is 10.0 Å². The molecule has 0 spiro atoms. The number of sulfonamides is 1. The van der Waals surface area contributed by atoms with Crippen molar-refractivity contribution < 1.29 is 8.42 Å². The molecule has 0 aliphatic carbocycles. The predicted octanol–water partition coefficient (Wildman–Crippen LogP) is 0.593. The number of nitrogens with zero attached hydrogens (tertiary/aromatic N) is 2. The Morgan fingerprint density at radius 3 is 3.00 bits per heavy atom. The summed E-state index contributed by atoms with van der Waals surface area (Å²) in [6.45, 7) is 3.86. The van der Waals surface area contributed by atoms with E-state index in [1.807, 2.05) is 7.05 Å². The van der Waals surface area contributed by atoms with E-state index >= 15 is 0 Å². The summed E-state index contributed by atoms with van der Waals surface area (Å²) in [5.74, 6) is 0. The Morgan fingerprint density at radius 2 is 2.19 bits per heavy atom. The van der Waals surface area contributed by atoms with Gasteiger partial charge in [-0.3, -0.25) is 4.90 Å². The Bertz CT molecular complexity index is 584. The standard InChI is InChI=1S/C14H24N4O2S/c1-15-9-12-8-14(10-16-12)21(19,20)18-7-6-17-5-3-2-4-13(17)11-18/h8,10,13,15-16H,2-7,9,11H2,1H3. The summed E-state index contributed by atoms with van der Waals surface area (Å²) in [5, 5.41) is 3.02. The van der Waals surface area contributed by atoms with Gasteiger partial charge in [0.2, 0.25) is 10.0 Å². The van der Waals surface area contributed by atoms with Crippen molar-refractivity contribution in [2.45, 2.75) is 36.7 Å². The van der Waals surface area contributed by atoms with Gasteiger partial charge < -0.3 is 10.3 Å². The van der Waals surface area contributed by atoms with E-state index in [0.29, 0.717) is 30.6 Å². The summed E-state index contributed by atoms with van der Waals surface area (Å²) >= 11 is 0. The van der Waals surface area contributed by atoms with Crippen LogP contribution >= 0.6 is 0 Å². The maximum atomic E-state index is 12.7. The fourth-order valence-electron chi connectivity index (χ4n) is 3.36. The molecule has 2 aliphatic rings. The van der Waals surface area contributed by atoms with Crippen molar-refractivity contribution in [3.05, 3.63) is 18.0 Å². The molecule has 1 aromatic rings. The van der Waals surface area contributed by atoms with Crippen molar-refractivity contribution in [2.24, 2.45) is 0 Å². The van der Waals surface area contributed by atoms with Crippen LogP contribution in [0.25, 0.3) is 0 Å². The minimum absolute atomic E-state index is 0.386. The van der Waals surface area contributed by atoms with Crippen LogP contribution in [0, 0.1) is 0 Å². The number of H-pyrrole nitrogens is 1. The van der Waals surface area contributed by atoms with E-state index in [2.05, 4.69) is 15.2 Å². The molecule has 1 aromatic heterocycles. The summed E-state index contributed by atoms with van der Waals surface area (Å²) in [5.41, 5.74) is 0.896. The van der Waals surface area contributed by atoms with Crippen molar-refractivity contribution in [1.29, 1.82) is 0 Å². The zero-order valence-corrected chi connectivity index (χ0v) is 13.3. The first-order chi connectivity index (χ1) is 10.1. The van der Waals surface area contributed by atoms with E-state index in [4.69, 9.17) is 0 Å². The number of hydrogen-bond acceptors (Lipinski definition) is 4. The first-order valence-electron chi connectivity index (χ1n) is 7.67. The Balaban J connectivity index is 1.75. The van der Waals surface area contributed by atoms with Gasteiger partial charge in [-0.1, -0.05) is 6.42 Å². The average molecular weight is 312 g/mol. The normalized spacial score (nSPS) is 24.9. The largest absolute Gasteiger partial charge is 0.363 e. The predicted molar refractivity (Wildman–Crippen MR) is 81.5 cm³/mol. The van der Waals surface area contributed by atoms with Gasteiger partial charge >= 0.3 is 0 Å². The molecule has 21 heavy (non-hydrogen) atoms. The summed E-state index contributed by atoms with van der Waals surface area (Å²) in [6, 6.07) is 2.14. The van der Waals surface area contributed by atoms with Crippen LogP contribution in [0.5, 0.6) is 0 Å². The van der Waals surface area contributed by atoms with Crippen LogP contribution in [-0.4, -0.2) is 61.9 Å². The Kier molecular flexibility index (Phi) is 4.35. The van der Waals surface area contributed by atoms with Crippen LogP contribution in [0.3, 0.4) is 0 Å². The molecule has 1 unspecified atom stereocenters. The number of hydrogen-bond donors (Lipinski definition) is 2. The SMILES string of the molecule is CNCc1cc(S(=O)(=O)N2CCN3CCCCC3C2)c[nH]1. The lowest BCUT2D eigenvalue weighted by molar-refractivity contribution is 0.0852. The fourth-order valence-corrected chi connectivity index (χ4v) is 4.84. The van der Waals surface area contributed by atoms with E-state index in [1.54, 1.807) is 16.6 Å². The van der Waals surface area contributed by atoms with Gasteiger partial charge in [-0.25, -0.2) is 8.42 Å². The zero-order valence-electron chi connectivity index (χ0n) is 12.5. The number of rotatable bonds is 4. The molecule has 0 aromatic carbocycles. The smallest absolute Gasteiger partial charge is 0.244 e. The first-order valence-corrected chi connectivity index (χ1v) is 9.11. The highest BCUT2D eigenvalue weighted by molar-refractivity contribution is 7.89. The lowest BCUT2D eigenvalue weighted by Crippen LogP contribution is -2.56. The van der Waals surface area contributed by atoms with E-state index in [1.165, 1.54) is 12.8 Å². The van der Waals surface area contributed by atoms with Crippen molar-refractivity contribution in [3.8, 4) is 0 Å². The Labute approximate surface area is 126 Å². The molecule has 0 radical (unpaired) electrons. The molecule has 118 valence electrons. The number of piperidine rings is 1. The van der Waals surface area contributed by atoms with Gasteiger partial charge in [0.15, 0.2) is 0 Å². The van der Waals surface area contributed by atoms with Gasteiger partial charge in [-0.05, 0) is 32.5 Å². The lowest BCUT2D eigenvalue weighted by atomic mass is 10.0. The van der Waals surface area contributed by atoms with Gasteiger partial charge in [0.05, 0.1) is 4.90 Å². The van der Waals surface area contributed by atoms with Gasteiger partial charge in [0, 0.05) is 44.1 Å². The van der Waals surface area contributed by atoms with Crippen LogP contribution in [0.1, 0.15) is 25.0 Å². The van der Waals surface area contributed by atoms with Crippen LogP contribution in [-0.2, 0) is 16.6 Å². The number of piperazine rings is 1. The first kappa shape index (κ1) is 15.0. The molecule has 2 aliphatic heterocycles. The second-order valence-corrected chi connectivity index (χ2v) is 7.88. The number of aromatic nitrogens is 1. The number of nitrogens with one attached hydrogen (secondary N) is 2. The molecule has 2 saturated heterocycles. The third kappa shape index (κ3) is 3.01. The molecule has 3 rings (SSSR count). The van der Waals surface area contributed by atoms with E-state index in [-0.39, 0.29) is 0 Å². The third-order valence-corrected chi connectivity index (χ3v) is 6.36. The molecule has 3 heterocycles. The highest BCUT2D eigenvalue weighted by Crippen LogP contribution is 2.25. The van der Waals surface area contributed by atoms with Crippen LogP contribution in [0.15, 0.2) is 17.2 Å². The molecular weight excluding hydrogens is 288 g/mol. The Hall–Kier alpha value is -0.890. The fraction of sp³-hybridized carbons (Fsp3) is 0.714. The van der Waals surface area contributed by atoms with E-state index in [9.17, 15) is 8.42 Å². The molecule has 0 amide bonds. The van der Waals surface area contributed by atoms with Crippen molar-refractivity contribution in [2.75, 3.05) is 33.2 Å². The molecular formula is C14H24N4O2S. The Morgan fingerprint density at radius 1 is 1.33 bits per heavy atom. The van der Waals surface area contributed by atoms with E-state index in [0.717, 1.165) is 25.2 Å². The highest BCUT2D eigenvalue weighted by Gasteiger charge is 2.35. The summed E-state index contributed by atoms with van der Waals surface area (Å²) in [4.78, 5) is 5.86. The average Bonchev–Trinajstić information content (AvgIpc) is 2.96. The second-order valence-electron chi connectivity index (χ2n) is 5.94. The third-order valence-electron chi connectivity index (χ3n) is 4.52. The van der Waals surface area contributed by atoms with E-state index < -0.39 is 10.0 Å². The summed E-state index contributed by atoms with van der Waals surface area (Å²) in [7, 11) is -1.52. The van der Waals surface area contributed by atoms with Crippen LogP contribution in [0.4, 0.5) is 0 Å². The number of fused-ring (bicyclic) bond motifs is 1. The maximum Gasteiger partial charge on any atom is 0.244 e. The zero-order chi connectivity index (χ0) is 14.9. The number of aromatic amines is 1. The molecule has 6 nitrogen and oxygen atoms in total. The van der Waals surface area contributed by atoms with Gasteiger partial charge in [0.25, 0.3) is 0 Å². The quantitative estimate of drug-likeness (QED) is 0.854. The molecule has 1 atom stereocenters. The minimum Gasteiger partial charge on any atom is -0.363 e. The summed E-state index contributed by atoms with van der Waals surface area (Å²) < 4.78 is 27.2. The second kappa shape index (κ2) is 6.08. The lowest BCUT2D eigenvalue weighted by Gasteiger charge is -2.43. The van der Waals surface area contributed by atoms with Gasteiger partial charge in [-0.15, -0.1) is 0 Å². The van der Waals surface area contributed by atoms with Crippen LogP contribution in [0.2, 0.25) is 0 Å². The monoisotopic (exact) mass is 312 g/mol. The molecule has 2 N–H and O–H groups in total. The molecule has 0 bridgehead atoms. The van der Waals surface area contributed by atoms with Gasteiger partial charge in [0.1, 0.15) is 0 Å². The maximum absolute atomic E-state index is 12.7. The van der Waals surface area contributed by atoms with Crippen molar-refractivity contribution in [1.82, 2.24) is 19.5 Å². The van der Waals surface area contributed by atoms with Gasteiger partial charge in [-0.2, -0.15) is 4.31 Å². The topological polar surface area (TPSA) is 68.4 Å². The molecule has 7 heteroatoms. The molecule has 0 saturated carbocycles. The van der Waals surface area contributed by atoms with Crippen LogP contribution < -0.4 is 5.32 Å². The molecule has 2 fully saturated rings.